The Labute approximate surface area is 194 Å². The predicted octanol–water partition coefficient (Wildman–Crippen LogP) is 4.52. The van der Waals surface area contributed by atoms with E-state index in [2.05, 4.69) is 17.0 Å². The summed E-state index contributed by atoms with van der Waals surface area (Å²) >= 11 is 0. The maximum absolute atomic E-state index is 13.7. The Morgan fingerprint density at radius 2 is 1.52 bits per heavy atom. The van der Waals surface area contributed by atoms with Gasteiger partial charge in [-0.15, -0.1) is 0 Å². The first kappa shape index (κ1) is 21.8. The highest BCUT2D eigenvalue weighted by Gasteiger charge is 2.39. The van der Waals surface area contributed by atoms with E-state index in [0.29, 0.717) is 19.5 Å². The average molecular weight is 445 g/mol. The van der Waals surface area contributed by atoms with Crippen LogP contribution in [0.3, 0.4) is 0 Å². The number of para-hydroxylation sites is 2. The van der Waals surface area contributed by atoms with Gasteiger partial charge in [0, 0.05) is 12.0 Å². The first-order valence-corrected chi connectivity index (χ1v) is 11.6. The molecule has 2 heterocycles. The van der Waals surface area contributed by atoms with Gasteiger partial charge in [-0.25, -0.2) is 4.39 Å². The normalized spacial score (nSPS) is 20.2. The molecule has 0 aromatic heterocycles. The minimum atomic E-state index is -0.313. The van der Waals surface area contributed by atoms with Gasteiger partial charge in [-0.1, -0.05) is 48.5 Å². The summed E-state index contributed by atoms with van der Waals surface area (Å²) in [5, 5.41) is 10.2. The summed E-state index contributed by atoms with van der Waals surface area (Å²) in [6.07, 6.45) is 3.29. The molecule has 1 fully saturated rings. The van der Waals surface area contributed by atoms with Crippen molar-refractivity contribution in [1.82, 2.24) is 4.90 Å². The number of rotatable bonds is 5. The molecule has 4 nitrogen and oxygen atoms in total. The third-order valence-electron chi connectivity index (χ3n) is 7.08. The van der Waals surface area contributed by atoms with E-state index in [1.165, 1.54) is 23.3 Å². The Morgan fingerprint density at radius 3 is 2.12 bits per heavy atom. The topological polar surface area (TPSA) is 43.8 Å². The van der Waals surface area contributed by atoms with E-state index in [1.54, 1.807) is 12.1 Å². The quantitative estimate of drug-likeness (QED) is 0.630. The molecule has 3 aromatic carbocycles. The number of hydrogen-bond acceptors (Lipinski definition) is 3. The number of halogens is 1. The van der Waals surface area contributed by atoms with Crippen LogP contribution >= 0.6 is 0 Å². The lowest BCUT2D eigenvalue weighted by Gasteiger charge is -2.29. The summed E-state index contributed by atoms with van der Waals surface area (Å²) < 4.78 is 13.3. The second-order valence-corrected chi connectivity index (χ2v) is 9.41. The number of carbonyl (C=O) groups excluding carboxylic acids is 1. The largest absolute Gasteiger partial charge is 0.396 e. The molecule has 5 rings (SSSR count). The lowest BCUT2D eigenvalue weighted by molar-refractivity contribution is -0.118. The summed E-state index contributed by atoms with van der Waals surface area (Å²) in [6, 6.07) is 22.8. The molecule has 2 aliphatic heterocycles. The van der Waals surface area contributed by atoms with Gasteiger partial charge in [0.2, 0.25) is 5.91 Å². The van der Waals surface area contributed by atoms with Crippen molar-refractivity contribution >= 4 is 17.3 Å². The van der Waals surface area contributed by atoms with Crippen LogP contribution in [0.15, 0.2) is 72.8 Å². The molecule has 1 saturated heterocycles. The smallest absolute Gasteiger partial charge is 0.245 e. The van der Waals surface area contributed by atoms with Crippen LogP contribution in [-0.2, 0) is 24.1 Å². The van der Waals surface area contributed by atoms with Gasteiger partial charge < -0.3 is 5.11 Å². The fourth-order valence-corrected chi connectivity index (χ4v) is 5.34. The first-order valence-electron chi connectivity index (χ1n) is 11.6. The molecule has 0 aliphatic carbocycles. The van der Waals surface area contributed by atoms with Gasteiger partial charge in [0.05, 0.1) is 24.5 Å². The molecule has 1 amide bonds. The fraction of sp³-hybridized carbons (Fsp3) is 0.321. The lowest BCUT2D eigenvalue weighted by Crippen LogP contribution is -2.39. The van der Waals surface area contributed by atoms with Gasteiger partial charge in [-0.05, 0) is 73.2 Å². The number of carbonyl (C=O) groups is 1. The Morgan fingerprint density at radius 1 is 0.909 bits per heavy atom. The molecule has 1 N–H and O–H groups in total. The first-order chi connectivity index (χ1) is 16.1. The van der Waals surface area contributed by atoms with Crippen LogP contribution in [0.2, 0.25) is 0 Å². The van der Waals surface area contributed by atoms with Crippen LogP contribution in [0.5, 0.6) is 0 Å². The zero-order valence-electron chi connectivity index (χ0n) is 18.7. The molecule has 0 bridgehead atoms. The second-order valence-electron chi connectivity index (χ2n) is 9.41. The summed E-state index contributed by atoms with van der Waals surface area (Å²) in [7, 11) is 0. The van der Waals surface area contributed by atoms with Crippen molar-refractivity contribution in [3.8, 4) is 0 Å². The molecule has 1 unspecified atom stereocenters. The molecule has 33 heavy (non-hydrogen) atoms. The summed E-state index contributed by atoms with van der Waals surface area (Å²) in [5.74, 6) is -0.208. The Hall–Kier alpha value is -3.02. The molecule has 5 heteroatoms. The maximum Gasteiger partial charge on any atom is 0.245 e. The van der Waals surface area contributed by atoms with E-state index in [0.717, 1.165) is 42.7 Å². The zero-order chi connectivity index (χ0) is 22.8. The standard InChI is InChI=1S/C28H29FN2O2/c29-24-13-9-21(10-14-24)17-28(20-32)15-16-30(19-28)18-27(33)31-25-7-3-1-5-22(25)11-12-23-6-2-4-8-26(23)31/h1-10,13-14,32H,11-12,15-20H2. The summed E-state index contributed by atoms with van der Waals surface area (Å²) in [4.78, 5) is 17.7. The monoisotopic (exact) mass is 444 g/mol. The highest BCUT2D eigenvalue weighted by Crippen LogP contribution is 2.37. The lowest BCUT2D eigenvalue weighted by atomic mass is 9.81. The van der Waals surface area contributed by atoms with Crippen molar-refractivity contribution in [2.24, 2.45) is 5.41 Å². The molecule has 0 radical (unpaired) electrons. The van der Waals surface area contributed by atoms with Crippen molar-refractivity contribution < 1.29 is 14.3 Å². The molecule has 0 saturated carbocycles. The number of aryl methyl sites for hydroxylation is 2. The molecular formula is C28H29FN2O2. The number of hydrogen-bond donors (Lipinski definition) is 1. The minimum Gasteiger partial charge on any atom is -0.396 e. The van der Waals surface area contributed by atoms with Crippen LogP contribution in [-0.4, -0.2) is 42.2 Å². The van der Waals surface area contributed by atoms with Crippen LogP contribution < -0.4 is 4.90 Å². The molecular weight excluding hydrogens is 415 g/mol. The summed E-state index contributed by atoms with van der Waals surface area (Å²) in [5.41, 5.74) is 4.99. The third-order valence-corrected chi connectivity index (χ3v) is 7.08. The highest BCUT2D eigenvalue weighted by molar-refractivity contribution is 6.03. The van der Waals surface area contributed by atoms with Crippen molar-refractivity contribution in [3.05, 3.63) is 95.3 Å². The van der Waals surface area contributed by atoms with Crippen molar-refractivity contribution in [2.45, 2.75) is 25.7 Å². The number of fused-ring (bicyclic) bond motifs is 2. The van der Waals surface area contributed by atoms with Gasteiger partial charge in [0.15, 0.2) is 0 Å². The van der Waals surface area contributed by atoms with E-state index in [1.807, 2.05) is 41.3 Å². The molecule has 3 aromatic rings. The van der Waals surface area contributed by atoms with Gasteiger partial charge in [-0.3, -0.25) is 14.6 Å². The van der Waals surface area contributed by atoms with E-state index < -0.39 is 0 Å². The van der Waals surface area contributed by atoms with Crippen LogP contribution in [0, 0.1) is 11.2 Å². The average Bonchev–Trinajstić information content (AvgIpc) is 3.14. The van der Waals surface area contributed by atoms with Crippen LogP contribution in [0.1, 0.15) is 23.1 Å². The number of nitrogens with zero attached hydrogens (tertiary/aromatic N) is 2. The van der Waals surface area contributed by atoms with Crippen molar-refractivity contribution in [1.29, 1.82) is 0 Å². The fourth-order valence-electron chi connectivity index (χ4n) is 5.34. The number of aliphatic hydroxyl groups excluding tert-OH is 1. The summed E-state index contributed by atoms with van der Waals surface area (Å²) in [6.45, 7) is 1.74. The van der Waals surface area contributed by atoms with Crippen molar-refractivity contribution in [3.63, 3.8) is 0 Å². The predicted molar refractivity (Wildman–Crippen MR) is 128 cm³/mol. The van der Waals surface area contributed by atoms with Gasteiger partial charge in [0.25, 0.3) is 0 Å². The minimum absolute atomic E-state index is 0.0461. The number of benzene rings is 3. The number of amides is 1. The Bertz CT molecular complexity index is 1100. The maximum atomic E-state index is 13.7. The SMILES string of the molecule is O=C(CN1CCC(CO)(Cc2ccc(F)cc2)C1)N1c2ccccc2CCc2ccccc21. The molecule has 1 atom stereocenters. The van der Waals surface area contributed by atoms with E-state index >= 15 is 0 Å². The third kappa shape index (κ3) is 4.43. The van der Waals surface area contributed by atoms with E-state index in [9.17, 15) is 14.3 Å². The molecule has 0 spiro atoms. The van der Waals surface area contributed by atoms with Crippen molar-refractivity contribution in [2.75, 3.05) is 31.1 Å². The number of likely N-dealkylation sites (tertiary alicyclic amines) is 1. The molecule has 170 valence electrons. The highest BCUT2D eigenvalue weighted by atomic mass is 19.1. The number of anilines is 2. The van der Waals surface area contributed by atoms with Gasteiger partial charge in [0.1, 0.15) is 5.82 Å². The van der Waals surface area contributed by atoms with Crippen LogP contribution in [0.25, 0.3) is 0 Å². The van der Waals surface area contributed by atoms with Crippen LogP contribution in [0.4, 0.5) is 15.8 Å². The Kier molecular flexibility index (Phi) is 6.00. The zero-order valence-corrected chi connectivity index (χ0v) is 18.7. The van der Waals surface area contributed by atoms with Gasteiger partial charge >= 0.3 is 0 Å². The van der Waals surface area contributed by atoms with E-state index in [-0.39, 0.29) is 23.7 Å². The van der Waals surface area contributed by atoms with Gasteiger partial charge in [-0.2, -0.15) is 0 Å². The number of aliphatic hydroxyl groups is 1. The molecule has 2 aliphatic rings. The second kappa shape index (κ2) is 9.08. The Balaban J connectivity index is 1.36. The van der Waals surface area contributed by atoms with E-state index in [4.69, 9.17) is 0 Å².